The first kappa shape index (κ1) is 17.9. The van der Waals surface area contributed by atoms with Crippen LogP contribution < -0.4 is 0 Å². The molecule has 0 aliphatic rings. The van der Waals surface area contributed by atoms with Gasteiger partial charge >= 0.3 is 6.18 Å². The molecule has 0 heterocycles. The topological polar surface area (TPSA) is 37.4 Å². The van der Waals surface area contributed by atoms with Gasteiger partial charge in [-0.1, -0.05) is 13.8 Å². The largest absolute Gasteiger partial charge is 0.402 e. The minimum Gasteiger partial charge on any atom is -0.207 e. The van der Waals surface area contributed by atoms with Crippen molar-refractivity contribution in [2.24, 2.45) is 0 Å². The van der Waals surface area contributed by atoms with Crippen molar-refractivity contribution in [2.75, 3.05) is 6.54 Å². The summed E-state index contributed by atoms with van der Waals surface area (Å²) in [7, 11) is -4.33. The van der Waals surface area contributed by atoms with Crippen LogP contribution in [0, 0.1) is 5.82 Å². The summed E-state index contributed by atoms with van der Waals surface area (Å²) < 4.78 is 76.1. The summed E-state index contributed by atoms with van der Waals surface area (Å²) in [4.78, 5) is -0.347. The van der Waals surface area contributed by atoms with Crippen molar-refractivity contribution in [1.29, 1.82) is 0 Å². The van der Waals surface area contributed by atoms with Gasteiger partial charge in [-0.3, -0.25) is 0 Å². The van der Waals surface area contributed by atoms with Crippen molar-refractivity contribution >= 4 is 10.0 Å². The van der Waals surface area contributed by atoms with Gasteiger partial charge in [0.2, 0.25) is 10.0 Å². The highest BCUT2D eigenvalue weighted by Gasteiger charge is 2.39. The van der Waals surface area contributed by atoms with E-state index in [2.05, 4.69) is 0 Å². The molecular weight excluding hydrogens is 310 g/mol. The first-order valence-corrected chi connectivity index (χ1v) is 7.90. The molecule has 0 aliphatic carbocycles. The highest BCUT2D eigenvalue weighted by Crippen LogP contribution is 2.27. The molecule has 1 rings (SSSR count). The normalized spacial score (nSPS) is 13.1. The number of hydrogen-bond acceptors (Lipinski definition) is 2. The zero-order chi connectivity index (χ0) is 16.3. The lowest BCUT2D eigenvalue weighted by Crippen LogP contribution is -2.45. The predicted molar refractivity (Wildman–Crippen MR) is 70.7 cm³/mol. The molecule has 0 saturated carbocycles. The van der Waals surface area contributed by atoms with Gasteiger partial charge in [0.25, 0.3) is 0 Å². The van der Waals surface area contributed by atoms with Gasteiger partial charge in [0.05, 0.1) is 4.90 Å². The van der Waals surface area contributed by atoms with Crippen LogP contribution in [0.4, 0.5) is 17.6 Å². The quantitative estimate of drug-likeness (QED) is 0.749. The van der Waals surface area contributed by atoms with E-state index in [-0.39, 0.29) is 17.7 Å². The predicted octanol–water partition coefficient (Wildman–Crippen LogP) is 3.57. The lowest BCUT2D eigenvalue weighted by molar-refractivity contribution is -0.139. The van der Waals surface area contributed by atoms with Crippen LogP contribution in [-0.2, 0) is 10.0 Å². The van der Waals surface area contributed by atoms with Crippen LogP contribution in [0.1, 0.15) is 26.7 Å². The molecule has 0 amide bonds. The summed E-state index contributed by atoms with van der Waals surface area (Å²) in [6.45, 7) is 1.69. The van der Waals surface area contributed by atoms with E-state index in [0.29, 0.717) is 4.31 Å². The SMILES string of the molecule is CCC(CC)N(CC(F)(F)F)S(=O)(=O)c1ccc(F)cc1. The summed E-state index contributed by atoms with van der Waals surface area (Å²) >= 11 is 0. The number of halogens is 4. The Bertz CT molecular complexity index is 551. The Balaban J connectivity index is 3.25. The molecule has 0 unspecified atom stereocenters. The molecule has 0 aliphatic heterocycles. The number of rotatable bonds is 6. The first-order chi connectivity index (χ1) is 9.61. The van der Waals surface area contributed by atoms with Gasteiger partial charge in [0.1, 0.15) is 12.4 Å². The number of sulfonamides is 1. The molecule has 0 atom stereocenters. The van der Waals surface area contributed by atoms with Crippen molar-refractivity contribution in [1.82, 2.24) is 4.31 Å². The van der Waals surface area contributed by atoms with Crippen molar-refractivity contribution in [3.05, 3.63) is 30.1 Å². The Morgan fingerprint density at radius 2 is 1.57 bits per heavy atom. The fourth-order valence-electron chi connectivity index (χ4n) is 2.02. The second-order valence-corrected chi connectivity index (χ2v) is 6.48. The van der Waals surface area contributed by atoms with Crippen LogP contribution in [0.15, 0.2) is 29.2 Å². The van der Waals surface area contributed by atoms with Gasteiger partial charge in [0.15, 0.2) is 0 Å². The third-order valence-corrected chi connectivity index (χ3v) is 5.02. The molecule has 0 fully saturated rings. The smallest absolute Gasteiger partial charge is 0.207 e. The van der Waals surface area contributed by atoms with Gasteiger partial charge in [-0.25, -0.2) is 12.8 Å². The lowest BCUT2D eigenvalue weighted by Gasteiger charge is -2.30. The molecule has 1 aromatic carbocycles. The standard InChI is InChI=1S/C13H17F4NO2S/c1-3-11(4-2)18(9-13(15,16)17)21(19,20)12-7-5-10(14)6-8-12/h5-8,11H,3-4,9H2,1-2H3. The van der Waals surface area contributed by atoms with Gasteiger partial charge in [0, 0.05) is 6.04 Å². The van der Waals surface area contributed by atoms with Crippen LogP contribution in [0.3, 0.4) is 0 Å². The zero-order valence-corrected chi connectivity index (χ0v) is 12.5. The van der Waals surface area contributed by atoms with E-state index in [4.69, 9.17) is 0 Å². The minimum atomic E-state index is -4.64. The molecular formula is C13H17F4NO2S. The van der Waals surface area contributed by atoms with Crippen molar-refractivity contribution in [3.63, 3.8) is 0 Å². The fourth-order valence-corrected chi connectivity index (χ4v) is 3.78. The van der Waals surface area contributed by atoms with Gasteiger partial charge in [-0.15, -0.1) is 0 Å². The zero-order valence-electron chi connectivity index (χ0n) is 11.7. The molecule has 0 N–H and O–H groups in total. The number of alkyl halides is 3. The highest BCUT2D eigenvalue weighted by molar-refractivity contribution is 7.89. The summed E-state index contributed by atoms with van der Waals surface area (Å²) in [5, 5.41) is 0. The molecule has 120 valence electrons. The van der Waals surface area contributed by atoms with Gasteiger partial charge < -0.3 is 0 Å². The third-order valence-electron chi connectivity index (χ3n) is 3.11. The maximum absolute atomic E-state index is 12.8. The Morgan fingerprint density at radius 1 is 1.10 bits per heavy atom. The average Bonchev–Trinajstić information content (AvgIpc) is 2.38. The van der Waals surface area contributed by atoms with E-state index < -0.39 is 34.6 Å². The number of hydrogen-bond donors (Lipinski definition) is 0. The molecule has 1 aromatic rings. The van der Waals surface area contributed by atoms with Crippen molar-refractivity contribution < 1.29 is 26.0 Å². The molecule has 3 nitrogen and oxygen atoms in total. The second kappa shape index (κ2) is 6.74. The molecule has 0 radical (unpaired) electrons. The third kappa shape index (κ3) is 4.67. The van der Waals surface area contributed by atoms with Crippen LogP contribution >= 0.6 is 0 Å². The summed E-state index contributed by atoms with van der Waals surface area (Å²) in [5.74, 6) is -0.654. The highest BCUT2D eigenvalue weighted by atomic mass is 32.2. The van der Waals surface area contributed by atoms with Gasteiger partial charge in [-0.2, -0.15) is 17.5 Å². The van der Waals surface area contributed by atoms with Crippen LogP contribution in [0.25, 0.3) is 0 Å². The first-order valence-electron chi connectivity index (χ1n) is 6.46. The Kier molecular flexibility index (Phi) is 5.75. The Hall–Kier alpha value is -1.15. The molecule has 0 saturated heterocycles. The van der Waals surface area contributed by atoms with Crippen molar-refractivity contribution in [2.45, 2.75) is 43.8 Å². The average molecular weight is 327 g/mol. The lowest BCUT2D eigenvalue weighted by atomic mass is 10.2. The molecule has 8 heteroatoms. The maximum atomic E-state index is 12.8. The molecule has 0 spiro atoms. The summed E-state index contributed by atoms with van der Waals surface area (Å²) in [6, 6.07) is 2.99. The Morgan fingerprint density at radius 3 is 1.95 bits per heavy atom. The molecule has 0 aromatic heterocycles. The fraction of sp³-hybridized carbons (Fsp3) is 0.538. The Labute approximate surface area is 121 Å². The van der Waals surface area contributed by atoms with E-state index in [9.17, 15) is 26.0 Å². The van der Waals surface area contributed by atoms with Crippen LogP contribution in [0.2, 0.25) is 0 Å². The molecule has 21 heavy (non-hydrogen) atoms. The van der Waals surface area contributed by atoms with E-state index in [0.717, 1.165) is 24.3 Å². The van der Waals surface area contributed by atoms with Crippen molar-refractivity contribution in [3.8, 4) is 0 Å². The van der Waals surface area contributed by atoms with Crippen LogP contribution in [0.5, 0.6) is 0 Å². The monoisotopic (exact) mass is 327 g/mol. The van der Waals surface area contributed by atoms with Crippen LogP contribution in [-0.4, -0.2) is 31.5 Å². The number of nitrogens with zero attached hydrogens (tertiary/aromatic N) is 1. The van der Waals surface area contributed by atoms with E-state index in [1.54, 1.807) is 13.8 Å². The minimum absolute atomic E-state index is 0.257. The maximum Gasteiger partial charge on any atom is 0.402 e. The van der Waals surface area contributed by atoms with E-state index in [1.165, 1.54) is 0 Å². The molecule has 0 bridgehead atoms. The second-order valence-electron chi connectivity index (χ2n) is 4.59. The number of benzene rings is 1. The summed E-state index contributed by atoms with van der Waals surface area (Å²) in [6.07, 6.45) is -4.13. The summed E-state index contributed by atoms with van der Waals surface area (Å²) in [5.41, 5.74) is 0. The van der Waals surface area contributed by atoms with E-state index >= 15 is 0 Å². The van der Waals surface area contributed by atoms with Gasteiger partial charge in [-0.05, 0) is 37.1 Å². The van der Waals surface area contributed by atoms with E-state index in [1.807, 2.05) is 0 Å².